The van der Waals surface area contributed by atoms with Crippen LogP contribution in [-0.2, 0) is 11.3 Å². The lowest BCUT2D eigenvalue weighted by molar-refractivity contribution is 0.0466. The second-order valence-corrected chi connectivity index (χ2v) is 4.23. The molecular weight excluding hydrogens is 256 g/mol. The Morgan fingerprint density at radius 3 is 2.90 bits per heavy atom. The van der Waals surface area contributed by atoms with Crippen molar-refractivity contribution >= 4 is 5.97 Å². The number of hydrogen-bond acceptors (Lipinski definition) is 5. The van der Waals surface area contributed by atoms with Crippen molar-refractivity contribution in [3.8, 4) is 5.88 Å². The highest BCUT2D eigenvalue weighted by molar-refractivity contribution is 5.89. The van der Waals surface area contributed by atoms with Crippen molar-refractivity contribution < 1.29 is 14.3 Å². The first-order valence-corrected chi connectivity index (χ1v) is 6.36. The number of carbonyl (C=O) groups excluding carboxylic acids is 1. The molecule has 5 heteroatoms. The van der Waals surface area contributed by atoms with Crippen molar-refractivity contribution in [2.75, 3.05) is 6.61 Å². The summed E-state index contributed by atoms with van der Waals surface area (Å²) in [5.74, 6) is 0.114. The molecule has 0 aliphatic rings. The van der Waals surface area contributed by atoms with Crippen molar-refractivity contribution in [2.24, 2.45) is 0 Å². The van der Waals surface area contributed by atoms with E-state index in [1.54, 1.807) is 24.4 Å². The molecule has 0 amide bonds. The van der Waals surface area contributed by atoms with E-state index >= 15 is 0 Å². The zero-order valence-corrected chi connectivity index (χ0v) is 11.5. The summed E-state index contributed by atoms with van der Waals surface area (Å²) in [6, 6.07) is 7.10. The van der Waals surface area contributed by atoms with Gasteiger partial charge in [0.1, 0.15) is 6.61 Å². The summed E-state index contributed by atoms with van der Waals surface area (Å²) in [5, 5.41) is 0. The highest BCUT2D eigenvalue weighted by Gasteiger charge is 2.08. The number of rotatable bonds is 5. The minimum Gasteiger partial charge on any atom is -0.478 e. The maximum absolute atomic E-state index is 11.9. The zero-order chi connectivity index (χ0) is 14.4. The summed E-state index contributed by atoms with van der Waals surface area (Å²) in [6.07, 6.45) is 3.17. The fourth-order valence-corrected chi connectivity index (χ4v) is 1.66. The van der Waals surface area contributed by atoms with Gasteiger partial charge in [0.25, 0.3) is 0 Å². The molecular formula is C15H16N2O3. The first-order chi connectivity index (χ1) is 9.69. The molecule has 0 bridgehead atoms. The Labute approximate surface area is 117 Å². The first kappa shape index (κ1) is 14.0. The third kappa shape index (κ3) is 3.78. The molecule has 0 aliphatic heterocycles. The summed E-state index contributed by atoms with van der Waals surface area (Å²) in [4.78, 5) is 20.1. The molecule has 0 saturated carbocycles. The van der Waals surface area contributed by atoms with Gasteiger partial charge in [0.15, 0.2) is 0 Å². The summed E-state index contributed by atoms with van der Waals surface area (Å²) in [5.41, 5.74) is 1.99. The lowest BCUT2D eigenvalue weighted by Crippen LogP contribution is -2.07. The third-order valence-corrected chi connectivity index (χ3v) is 2.54. The fourth-order valence-electron chi connectivity index (χ4n) is 1.66. The number of esters is 1. The molecule has 0 saturated heterocycles. The van der Waals surface area contributed by atoms with Gasteiger partial charge in [0.2, 0.25) is 5.88 Å². The van der Waals surface area contributed by atoms with Crippen LogP contribution in [0.3, 0.4) is 0 Å². The van der Waals surface area contributed by atoms with Crippen LogP contribution in [0, 0.1) is 6.92 Å². The van der Waals surface area contributed by atoms with Gasteiger partial charge in [0, 0.05) is 18.5 Å². The van der Waals surface area contributed by atoms with Crippen molar-refractivity contribution in [3.63, 3.8) is 0 Å². The van der Waals surface area contributed by atoms with Crippen LogP contribution in [0.15, 0.2) is 36.7 Å². The number of carbonyl (C=O) groups is 1. The van der Waals surface area contributed by atoms with Crippen LogP contribution in [0.2, 0.25) is 0 Å². The van der Waals surface area contributed by atoms with E-state index in [9.17, 15) is 4.79 Å². The minimum absolute atomic E-state index is 0.105. The molecule has 2 rings (SSSR count). The standard InChI is InChI=1S/C15H16N2O3/c1-3-19-14-6-4-5-13(17-14)10-20-15(18)12-7-11(2)8-16-9-12/h4-9H,3,10H2,1-2H3. The van der Waals surface area contributed by atoms with Crippen molar-refractivity contribution in [3.05, 3.63) is 53.5 Å². The molecule has 0 radical (unpaired) electrons. The molecule has 2 aromatic heterocycles. The minimum atomic E-state index is -0.412. The molecule has 0 spiro atoms. The van der Waals surface area contributed by atoms with Gasteiger partial charge in [-0.1, -0.05) is 6.07 Å². The SMILES string of the molecule is CCOc1cccc(COC(=O)c2cncc(C)c2)n1. The van der Waals surface area contributed by atoms with E-state index in [2.05, 4.69) is 9.97 Å². The Kier molecular flexibility index (Phi) is 4.65. The Balaban J connectivity index is 1.98. The van der Waals surface area contributed by atoms with Gasteiger partial charge >= 0.3 is 5.97 Å². The molecule has 0 N–H and O–H groups in total. The van der Waals surface area contributed by atoms with E-state index in [0.29, 0.717) is 23.7 Å². The van der Waals surface area contributed by atoms with Crippen molar-refractivity contribution in [1.82, 2.24) is 9.97 Å². The highest BCUT2D eigenvalue weighted by Crippen LogP contribution is 2.10. The van der Waals surface area contributed by atoms with E-state index in [0.717, 1.165) is 5.56 Å². The van der Waals surface area contributed by atoms with Gasteiger partial charge in [-0.05, 0) is 31.5 Å². The van der Waals surface area contributed by atoms with Crippen LogP contribution in [0.25, 0.3) is 0 Å². The Hall–Kier alpha value is -2.43. The number of aromatic nitrogens is 2. The number of nitrogens with zero attached hydrogens (tertiary/aromatic N) is 2. The zero-order valence-electron chi connectivity index (χ0n) is 11.5. The van der Waals surface area contributed by atoms with Crippen LogP contribution in [0.4, 0.5) is 0 Å². The average Bonchev–Trinajstić information content (AvgIpc) is 2.45. The quantitative estimate of drug-likeness (QED) is 0.783. The molecule has 0 unspecified atom stereocenters. The Morgan fingerprint density at radius 2 is 2.15 bits per heavy atom. The second-order valence-electron chi connectivity index (χ2n) is 4.23. The molecule has 0 aliphatic carbocycles. The summed E-state index contributed by atoms with van der Waals surface area (Å²) < 4.78 is 10.5. The first-order valence-electron chi connectivity index (χ1n) is 6.36. The Bertz CT molecular complexity index is 599. The van der Waals surface area contributed by atoms with Gasteiger partial charge in [-0.15, -0.1) is 0 Å². The van der Waals surface area contributed by atoms with Crippen LogP contribution in [0.5, 0.6) is 5.88 Å². The smallest absolute Gasteiger partial charge is 0.340 e. The van der Waals surface area contributed by atoms with Crippen LogP contribution >= 0.6 is 0 Å². The molecule has 5 nitrogen and oxygen atoms in total. The van der Waals surface area contributed by atoms with Crippen LogP contribution < -0.4 is 4.74 Å². The van der Waals surface area contributed by atoms with E-state index < -0.39 is 5.97 Å². The molecule has 0 aromatic carbocycles. The van der Waals surface area contributed by atoms with Gasteiger partial charge in [0.05, 0.1) is 17.9 Å². The van der Waals surface area contributed by atoms with Gasteiger partial charge < -0.3 is 9.47 Å². The average molecular weight is 272 g/mol. The van der Waals surface area contributed by atoms with E-state index in [1.165, 1.54) is 6.20 Å². The van der Waals surface area contributed by atoms with Crippen molar-refractivity contribution in [2.45, 2.75) is 20.5 Å². The van der Waals surface area contributed by atoms with Gasteiger partial charge in [-0.25, -0.2) is 9.78 Å². The third-order valence-electron chi connectivity index (χ3n) is 2.54. The second kappa shape index (κ2) is 6.65. The highest BCUT2D eigenvalue weighted by atomic mass is 16.5. The summed E-state index contributed by atoms with van der Waals surface area (Å²) in [7, 11) is 0. The predicted molar refractivity (Wildman–Crippen MR) is 73.5 cm³/mol. The molecule has 104 valence electrons. The predicted octanol–water partition coefficient (Wildman–Crippen LogP) is 2.54. The van der Waals surface area contributed by atoms with E-state index in [4.69, 9.17) is 9.47 Å². The molecule has 2 aromatic rings. The number of aryl methyl sites for hydroxylation is 1. The lowest BCUT2D eigenvalue weighted by atomic mass is 10.2. The largest absolute Gasteiger partial charge is 0.478 e. The summed E-state index contributed by atoms with van der Waals surface area (Å²) >= 11 is 0. The monoisotopic (exact) mass is 272 g/mol. The van der Waals surface area contributed by atoms with Crippen molar-refractivity contribution in [1.29, 1.82) is 0 Å². The molecule has 20 heavy (non-hydrogen) atoms. The maximum atomic E-state index is 11.9. The van der Waals surface area contributed by atoms with Crippen LogP contribution in [-0.4, -0.2) is 22.5 Å². The normalized spacial score (nSPS) is 10.1. The number of ether oxygens (including phenoxy) is 2. The van der Waals surface area contributed by atoms with Crippen LogP contribution in [0.1, 0.15) is 28.5 Å². The van der Waals surface area contributed by atoms with E-state index in [-0.39, 0.29) is 6.61 Å². The summed E-state index contributed by atoms with van der Waals surface area (Å²) in [6.45, 7) is 4.41. The molecule has 0 atom stereocenters. The number of hydrogen-bond donors (Lipinski definition) is 0. The molecule has 2 heterocycles. The van der Waals surface area contributed by atoms with Gasteiger partial charge in [-0.2, -0.15) is 0 Å². The topological polar surface area (TPSA) is 61.3 Å². The van der Waals surface area contributed by atoms with Gasteiger partial charge in [-0.3, -0.25) is 4.98 Å². The molecule has 0 fully saturated rings. The number of pyridine rings is 2. The Morgan fingerprint density at radius 1 is 1.30 bits per heavy atom. The fraction of sp³-hybridized carbons (Fsp3) is 0.267. The lowest BCUT2D eigenvalue weighted by Gasteiger charge is -2.06. The maximum Gasteiger partial charge on any atom is 0.340 e. The van der Waals surface area contributed by atoms with E-state index in [1.807, 2.05) is 19.9 Å².